The van der Waals surface area contributed by atoms with E-state index in [2.05, 4.69) is 0 Å². The molecular weight excluding hydrogens is 420 g/mol. The van der Waals surface area contributed by atoms with Gasteiger partial charge in [0.25, 0.3) is 5.56 Å². The quantitative estimate of drug-likeness (QED) is 0.459. The molecule has 1 fully saturated rings. The number of nitrogens with two attached hydrogens (primary N) is 1. The Morgan fingerprint density at radius 2 is 1.75 bits per heavy atom. The van der Waals surface area contributed by atoms with Gasteiger partial charge in [0.2, 0.25) is 11.7 Å². The summed E-state index contributed by atoms with van der Waals surface area (Å²) in [6.07, 6.45) is -0.0655. The number of nitrogen functional groups attached to an aromatic ring is 1. The summed E-state index contributed by atoms with van der Waals surface area (Å²) in [4.78, 5) is 62.9. The van der Waals surface area contributed by atoms with Crippen molar-refractivity contribution >= 4 is 29.2 Å². The lowest BCUT2D eigenvalue weighted by atomic mass is 10.1. The van der Waals surface area contributed by atoms with Gasteiger partial charge in [0.1, 0.15) is 17.1 Å². The first-order valence-electron chi connectivity index (χ1n) is 9.94. The maximum absolute atomic E-state index is 12.5. The lowest BCUT2D eigenvalue weighted by Gasteiger charge is -2.17. The number of amides is 1. The number of hydrogen-bond donors (Lipinski definition) is 1. The third kappa shape index (κ3) is 4.27. The summed E-state index contributed by atoms with van der Waals surface area (Å²) in [5, 5.41) is 0. The maximum atomic E-state index is 12.5. The number of ketones is 1. The van der Waals surface area contributed by atoms with E-state index >= 15 is 0 Å². The topological polar surface area (TPSA) is 143 Å². The van der Waals surface area contributed by atoms with Crippen LogP contribution in [0.4, 0.5) is 11.5 Å². The van der Waals surface area contributed by atoms with Crippen LogP contribution in [0.25, 0.3) is 0 Å². The number of rotatable bonds is 7. The average molecular weight is 444 g/mol. The molecule has 1 aromatic heterocycles. The zero-order valence-electron chi connectivity index (χ0n) is 18.0. The molecule has 170 valence electrons. The van der Waals surface area contributed by atoms with Crippen molar-refractivity contribution in [1.29, 1.82) is 0 Å². The van der Waals surface area contributed by atoms with Crippen molar-refractivity contribution in [3.05, 3.63) is 50.7 Å². The van der Waals surface area contributed by atoms with Gasteiger partial charge in [-0.1, -0.05) is 0 Å². The molecule has 1 aliphatic rings. The number of hydrogen-bond acceptors (Lipinski definition) is 8. The molecule has 1 saturated heterocycles. The number of carbonyl (C=O) groups excluding carboxylic acids is 3. The maximum Gasteiger partial charge on any atom is 0.332 e. The van der Waals surface area contributed by atoms with Crippen molar-refractivity contribution in [2.24, 2.45) is 20.0 Å². The van der Waals surface area contributed by atoms with Gasteiger partial charge in [0.15, 0.2) is 6.61 Å². The van der Waals surface area contributed by atoms with Crippen LogP contribution < -0.4 is 26.6 Å². The second-order valence-corrected chi connectivity index (χ2v) is 7.33. The highest BCUT2D eigenvalue weighted by atomic mass is 16.5. The summed E-state index contributed by atoms with van der Waals surface area (Å²) >= 11 is 0. The van der Waals surface area contributed by atoms with Crippen molar-refractivity contribution in [2.75, 3.05) is 30.4 Å². The predicted molar refractivity (Wildman–Crippen MR) is 115 cm³/mol. The highest BCUT2D eigenvalue weighted by molar-refractivity contribution is 6.02. The van der Waals surface area contributed by atoms with E-state index in [1.807, 2.05) is 6.92 Å². The monoisotopic (exact) mass is 444 g/mol. The first-order valence-corrected chi connectivity index (χ1v) is 9.94. The molecule has 0 radical (unpaired) electrons. The molecule has 2 heterocycles. The molecule has 32 heavy (non-hydrogen) atoms. The lowest BCUT2D eigenvalue weighted by Crippen LogP contribution is -2.42. The predicted octanol–water partition coefficient (Wildman–Crippen LogP) is -0.156. The van der Waals surface area contributed by atoms with E-state index in [4.69, 9.17) is 15.2 Å². The largest absolute Gasteiger partial charge is 0.494 e. The number of esters is 1. The molecule has 1 unspecified atom stereocenters. The minimum Gasteiger partial charge on any atom is -0.494 e. The minimum absolute atomic E-state index is 0.0655. The van der Waals surface area contributed by atoms with Crippen molar-refractivity contribution in [1.82, 2.24) is 9.13 Å². The van der Waals surface area contributed by atoms with Crippen molar-refractivity contribution in [2.45, 2.75) is 13.3 Å². The normalized spacial score (nSPS) is 15.7. The zero-order chi connectivity index (χ0) is 23.6. The Morgan fingerprint density at radius 3 is 2.38 bits per heavy atom. The van der Waals surface area contributed by atoms with E-state index in [1.54, 1.807) is 24.3 Å². The first kappa shape index (κ1) is 22.8. The first-order chi connectivity index (χ1) is 15.1. The van der Waals surface area contributed by atoms with Crippen molar-refractivity contribution in [3.8, 4) is 5.75 Å². The van der Waals surface area contributed by atoms with Crippen molar-refractivity contribution < 1.29 is 23.9 Å². The van der Waals surface area contributed by atoms with E-state index in [1.165, 1.54) is 19.0 Å². The van der Waals surface area contributed by atoms with E-state index < -0.39 is 41.1 Å². The molecule has 2 aromatic rings. The number of carbonyl (C=O) groups is 3. The summed E-state index contributed by atoms with van der Waals surface area (Å²) in [6.45, 7) is 1.75. The standard InChI is InChI=1S/C21H24N4O7/c1-4-31-14-7-5-13(6-8-14)25-10-12(9-16(25)27)20(29)32-11-15(26)17-18(22)23(2)21(30)24(3)19(17)28/h5-8,12H,4,9-11,22H2,1-3H3. The van der Waals surface area contributed by atoms with Gasteiger partial charge >= 0.3 is 11.7 Å². The number of ether oxygens (including phenoxy) is 2. The van der Waals surface area contributed by atoms with Crippen LogP contribution in [0.15, 0.2) is 33.9 Å². The summed E-state index contributed by atoms with van der Waals surface area (Å²) in [5.41, 5.74) is 4.38. The molecule has 3 rings (SSSR count). The Balaban J connectivity index is 1.66. The highest BCUT2D eigenvalue weighted by Crippen LogP contribution is 2.27. The van der Waals surface area contributed by atoms with Gasteiger partial charge in [-0.2, -0.15) is 0 Å². The molecule has 11 nitrogen and oxygen atoms in total. The third-order valence-electron chi connectivity index (χ3n) is 5.25. The van der Waals surface area contributed by atoms with Gasteiger partial charge in [-0.25, -0.2) is 4.79 Å². The molecule has 11 heteroatoms. The second-order valence-electron chi connectivity index (χ2n) is 7.33. The van der Waals surface area contributed by atoms with E-state index in [0.717, 1.165) is 9.13 Å². The molecule has 0 aliphatic carbocycles. The fourth-order valence-corrected chi connectivity index (χ4v) is 3.45. The summed E-state index contributed by atoms with van der Waals surface area (Å²) in [6, 6.07) is 6.90. The molecule has 0 bridgehead atoms. The molecular formula is C21H24N4O7. The van der Waals surface area contributed by atoms with Gasteiger partial charge < -0.3 is 20.1 Å². The van der Waals surface area contributed by atoms with Gasteiger partial charge in [0, 0.05) is 32.7 Å². The molecule has 1 atom stereocenters. The minimum atomic E-state index is -0.871. The Bertz CT molecular complexity index is 1180. The Morgan fingerprint density at radius 1 is 1.09 bits per heavy atom. The van der Waals surface area contributed by atoms with Gasteiger partial charge in [-0.3, -0.25) is 28.3 Å². The number of nitrogens with zero attached hydrogens (tertiary/aromatic N) is 3. The molecule has 0 spiro atoms. The van der Waals surface area contributed by atoms with Gasteiger partial charge in [0.05, 0.1) is 12.5 Å². The molecule has 2 N–H and O–H groups in total. The summed E-state index contributed by atoms with van der Waals surface area (Å²) in [7, 11) is 2.53. The number of aromatic nitrogens is 2. The van der Waals surface area contributed by atoms with Crippen LogP contribution in [0.3, 0.4) is 0 Å². The van der Waals surface area contributed by atoms with Gasteiger partial charge in [-0.05, 0) is 31.2 Å². The van der Waals surface area contributed by atoms with Crippen molar-refractivity contribution in [3.63, 3.8) is 0 Å². The average Bonchev–Trinajstić information content (AvgIpc) is 3.17. The van der Waals surface area contributed by atoms with Crippen LogP contribution in [-0.4, -0.2) is 46.6 Å². The van der Waals surface area contributed by atoms with Crippen LogP contribution in [0.5, 0.6) is 5.75 Å². The Hall–Kier alpha value is -3.89. The Labute approximate surface area is 182 Å². The van der Waals surface area contributed by atoms with Crippen LogP contribution in [-0.2, 0) is 28.4 Å². The molecule has 1 aliphatic heterocycles. The zero-order valence-corrected chi connectivity index (χ0v) is 18.0. The summed E-state index contributed by atoms with van der Waals surface area (Å²) < 4.78 is 12.1. The fourth-order valence-electron chi connectivity index (χ4n) is 3.45. The SMILES string of the molecule is CCOc1ccc(N2CC(C(=O)OCC(=O)c3c(N)n(C)c(=O)n(C)c3=O)CC2=O)cc1. The van der Waals surface area contributed by atoms with E-state index in [9.17, 15) is 24.0 Å². The Kier molecular flexibility index (Phi) is 6.47. The van der Waals surface area contributed by atoms with Crippen LogP contribution >= 0.6 is 0 Å². The van der Waals surface area contributed by atoms with Gasteiger partial charge in [-0.15, -0.1) is 0 Å². The highest BCUT2D eigenvalue weighted by Gasteiger charge is 2.36. The summed E-state index contributed by atoms with van der Waals surface area (Å²) in [5.74, 6) is -2.22. The third-order valence-corrected chi connectivity index (χ3v) is 5.25. The van der Waals surface area contributed by atoms with Crippen LogP contribution in [0.1, 0.15) is 23.7 Å². The van der Waals surface area contributed by atoms with Crippen LogP contribution in [0.2, 0.25) is 0 Å². The second kappa shape index (κ2) is 9.08. The molecule has 1 aromatic carbocycles. The van der Waals surface area contributed by atoms with Crippen LogP contribution in [0, 0.1) is 5.92 Å². The number of benzene rings is 1. The molecule has 1 amide bonds. The fraction of sp³-hybridized carbons (Fsp3) is 0.381. The number of anilines is 2. The van der Waals surface area contributed by atoms with E-state index in [-0.39, 0.29) is 24.7 Å². The molecule has 0 saturated carbocycles. The smallest absolute Gasteiger partial charge is 0.332 e. The van der Waals surface area contributed by atoms with E-state index in [0.29, 0.717) is 18.0 Å². The number of Topliss-reactive ketones (excluding diaryl/α,β-unsaturated/α-hetero) is 1. The lowest BCUT2D eigenvalue weighted by molar-refractivity contribution is -0.147.